The predicted octanol–water partition coefficient (Wildman–Crippen LogP) is 3.60. The molecule has 4 rings (SSSR count). The van der Waals surface area contributed by atoms with E-state index in [9.17, 15) is 9.59 Å². The molecule has 2 amide bonds. The highest BCUT2D eigenvalue weighted by atomic mass is 16.2. The molecule has 0 radical (unpaired) electrons. The first-order chi connectivity index (χ1) is 14.2. The molecule has 1 aliphatic heterocycles. The van der Waals surface area contributed by atoms with E-state index in [1.165, 1.54) is 25.7 Å². The molecule has 154 valence electrons. The lowest BCUT2D eigenvalue weighted by atomic mass is 10.1. The van der Waals surface area contributed by atoms with Crippen molar-refractivity contribution in [3.8, 4) is 0 Å². The fourth-order valence-electron chi connectivity index (χ4n) is 4.43. The second-order valence-electron chi connectivity index (χ2n) is 8.17. The third kappa shape index (κ3) is 4.69. The van der Waals surface area contributed by atoms with Gasteiger partial charge in [0.15, 0.2) is 5.82 Å². The molecule has 1 aromatic heterocycles. The van der Waals surface area contributed by atoms with Gasteiger partial charge in [-0.3, -0.25) is 9.59 Å². The number of amides is 2. The SMILES string of the molecule is O=C(NC1CCCCCC1)c1nc(C(=O)NCc2ccccc2)n2c1CCCC2. The monoisotopic (exact) mass is 394 g/mol. The van der Waals surface area contributed by atoms with Crippen LogP contribution in [0.1, 0.15) is 83.7 Å². The van der Waals surface area contributed by atoms with E-state index >= 15 is 0 Å². The van der Waals surface area contributed by atoms with Gasteiger partial charge < -0.3 is 15.2 Å². The molecule has 29 heavy (non-hydrogen) atoms. The molecule has 0 spiro atoms. The zero-order valence-electron chi connectivity index (χ0n) is 17.0. The number of nitrogens with one attached hydrogen (secondary N) is 2. The van der Waals surface area contributed by atoms with E-state index in [0.717, 1.165) is 49.9 Å². The fraction of sp³-hybridized carbons (Fsp3) is 0.522. The Morgan fingerprint density at radius 1 is 0.966 bits per heavy atom. The number of imidazole rings is 1. The standard InChI is InChI=1S/C23H30N4O2/c28-22(25-18-12-6-1-2-7-13-18)20-19-14-8-9-15-27(19)21(26-20)23(29)24-16-17-10-4-3-5-11-17/h3-5,10-11,18H,1-2,6-9,12-16H2,(H,24,29)(H,25,28). The summed E-state index contributed by atoms with van der Waals surface area (Å²) in [4.78, 5) is 30.4. The third-order valence-electron chi connectivity index (χ3n) is 6.02. The number of benzene rings is 1. The molecule has 0 saturated heterocycles. The number of rotatable bonds is 5. The van der Waals surface area contributed by atoms with Gasteiger partial charge in [0, 0.05) is 19.1 Å². The van der Waals surface area contributed by atoms with Gasteiger partial charge >= 0.3 is 0 Å². The summed E-state index contributed by atoms with van der Waals surface area (Å²) in [7, 11) is 0. The zero-order valence-corrected chi connectivity index (χ0v) is 17.0. The Morgan fingerprint density at radius 3 is 2.48 bits per heavy atom. The molecule has 6 heteroatoms. The number of carbonyl (C=O) groups is 2. The van der Waals surface area contributed by atoms with Crippen LogP contribution >= 0.6 is 0 Å². The molecule has 2 heterocycles. The van der Waals surface area contributed by atoms with Gasteiger partial charge in [-0.1, -0.05) is 56.0 Å². The Bertz CT molecular complexity index is 851. The lowest BCUT2D eigenvalue weighted by Crippen LogP contribution is -2.35. The first-order valence-corrected chi connectivity index (χ1v) is 10.9. The van der Waals surface area contributed by atoms with Crippen LogP contribution in [0.4, 0.5) is 0 Å². The van der Waals surface area contributed by atoms with Crippen LogP contribution in [0.15, 0.2) is 30.3 Å². The normalized spacial score (nSPS) is 17.2. The van der Waals surface area contributed by atoms with E-state index in [0.29, 0.717) is 18.1 Å². The predicted molar refractivity (Wildman–Crippen MR) is 112 cm³/mol. The average molecular weight is 395 g/mol. The highest BCUT2D eigenvalue weighted by Gasteiger charge is 2.28. The lowest BCUT2D eigenvalue weighted by molar-refractivity contribution is 0.0927. The first kappa shape index (κ1) is 19.7. The van der Waals surface area contributed by atoms with Crippen molar-refractivity contribution in [1.82, 2.24) is 20.2 Å². The van der Waals surface area contributed by atoms with Gasteiger partial charge in [-0.15, -0.1) is 0 Å². The van der Waals surface area contributed by atoms with Crippen molar-refractivity contribution < 1.29 is 9.59 Å². The molecule has 1 aromatic carbocycles. The van der Waals surface area contributed by atoms with Crippen molar-refractivity contribution in [2.45, 2.75) is 76.9 Å². The quantitative estimate of drug-likeness (QED) is 0.761. The minimum Gasteiger partial charge on any atom is -0.348 e. The van der Waals surface area contributed by atoms with Gasteiger partial charge in [0.25, 0.3) is 11.8 Å². The van der Waals surface area contributed by atoms with Crippen LogP contribution in [0.25, 0.3) is 0 Å². The number of fused-ring (bicyclic) bond motifs is 1. The summed E-state index contributed by atoms with van der Waals surface area (Å²) >= 11 is 0. The van der Waals surface area contributed by atoms with Gasteiger partial charge in [-0.2, -0.15) is 0 Å². The minimum atomic E-state index is -0.217. The van der Waals surface area contributed by atoms with Crippen LogP contribution in [0.5, 0.6) is 0 Å². The molecule has 0 atom stereocenters. The maximum absolute atomic E-state index is 13.0. The molecule has 1 aliphatic carbocycles. The summed E-state index contributed by atoms with van der Waals surface area (Å²) in [5, 5.41) is 6.14. The van der Waals surface area contributed by atoms with Crippen LogP contribution < -0.4 is 10.6 Å². The van der Waals surface area contributed by atoms with E-state index in [4.69, 9.17) is 0 Å². The highest BCUT2D eigenvalue weighted by Crippen LogP contribution is 2.23. The molecular formula is C23H30N4O2. The Balaban J connectivity index is 1.50. The van der Waals surface area contributed by atoms with Crippen molar-refractivity contribution in [3.63, 3.8) is 0 Å². The van der Waals surface area contributed by atoms with E-state index < -0.39 is 0 Å². The highest BCUT2D eigenvalue weighted by molar-refractivity contribution is 5.97. The van der Waals surface area contributed by atoms with E-state index in [1.807, 2.05) is 34.9 Å². The Labute approximate surface area is 172 Å². The molecule has 0 bridgehead atoms. The number of aromatic nitrogens is 2. The van der Waals surface area contributed by atoms with Crippen molar-refractivity contribution in [3.05, 3.63) is 53.1 Å². The number of hydrogen-bond acceptors (Lipinski definition) is 3. The van der Waals surface area contributed by atoms with E-state index in [1.54, 1.807) is 0 Å². The second kappa shape index (κ2) is 9.25. The van der Waals surface area contributed by atoms with Gasteiger partial charge in [-0.05, 0) is 37.7 Å². The van der Waals surface area contributed by atoms with E-state index in [-0.39, 0.29) is 17.9 Å². The first-order valence-electron chi connectivity index (χ1n) is 10.9. The number of hydrogen-bond donors (Lipinski definition) is 2. The van der Waals surface area contributed by atoms with Gasteiger partial charge in [0.1, 0.15) is 5.69 Å². The molecule has 2 aliphatic rings. The lowest BCUT2D eigenvalue weighted by Gasteiger charge is -2.18. The van der Waals surface area contributed by atoms with Crippen molar-refractivity contribution in [1.29, 1.82) is 0 Å². The molecule has 1 saturated carbocycles. The number of carbonyl (C=O) groups excluding carboxylic acids is 2. The summed E-state index contributed by atoms with van der Waals surface area (Å²) in [5.74, 6) is 0.0248. The Morgan fingerprint density at radius 2 is 1.72 bits per heavy atom. The van der Waals surface area contributed by atoms with Gasteiger partial charge in [0.2, 0.25) is 0 Å². The maximum Gasteiger partial charge on any atom is 0.287 e. The van der Waals surface area contributed by atoms with E-state index in [2.05, 4.69) is 15.6 Å². The van der Waals surface area contributed by atoms with Crippen LogP contribution in [0.2, 0.25) is 0 Å². The summed E-state index contributed by atoms with van der Waals surface area (Å²) in [5.41, 5.74) is 2.39. The largest absolute Gasteiger partial charge is 0.348 e. The minimum absolute atomic E-state index is 0.121. The van der Waals surface area contributed by atoms with Crippen LogP contribution in [0.3, 0.4) is 0 Å². The Kier molecular flexibility index (Phi) is 6.27. The number of nitrogens with zero attached hydrogens (tertiary/aromatic N) is 2. The van der Waals surface area contributed by atoms with Gasteiger partial charge in [0.05, 0.1) is 5.69 Å². The fourth-order valence-corrected chi connectivity index (χ4v) is 4.43. The van der Waals surface area contributed by atoms with Crippen LogP contribution in [0, 0.1) is 0 Å². The maximum atomic E-state index is 13.0. The smallest absolute Gasteiger partial charge is 0.287 e. The van der Waals surface area contributed by atoms with Gasteiger partial charge in [-0.25, -0.2) is 4.98 Å². The summed E-state index contributed by atoms with van der Waals surface area (Å²) < 4.78 is 1.95. The topological polar surface area (TPSA) is 76.0 Å². The summed E-state index contributed by atoms with van der Waals surface area (Å²) in [6.45, 7) is 1.19. The van der Waals surface area contributed by atoms with Crippen molar-refractivity contribution in [2.75, 3.05) is 0 Å². The summed E-state index contributed by atoms with van der Waals surface area (Å²) in [6.07, 6.45) is 9.73. The average Bonchev–Trinajstić information content (AvgIpc) is 2.96. The molecule has 2 aromatic rings. The molecular weight excluding hydrogens is 364 g/mol. The van der Waals surface area contributed by atoms with Crippen LogP contribution in [-0.4, -0.2) is 27.4 Å². The zero-order chi connectivity index (χ0) is 20.1. The molecule has 2 N–H and O–H groups in total. The third-order valence-corrected chi connectivity index (χ3v) is 6.02. The van der Waals surface area contributed by atoms with Crippen LogP contribution in [-0.2, 0) is 19.5 Å². The van der Waals surface area contributed by atoms with Crippen molar-refractivity contribution in [2.24, 2.45) is 0 Å². The molecule has 6 nitrogen and oxygen atoms in total. The Hall–Kier alpha value is -2.63. The molecule has 0 unspecified atom stereocenters. The molecule has 1 fully saturated rings. The second-order valence-corrected chi connectivity index (χ2v) is 8.17. The van der Waals surface area contributed by atoms with Crippen molar-refractivity contribution >= 4 is 11.8 Å². The summed E-state index contributed by atoms with van der Waals surface area (Å²) in [6, 6.07) is 10.0.